The van der Waals surface area contributed by atoms with Gasteiger partial charge in [-0.2, -0.15) is 13.2 Å². The maximum absolute atomic E-state index is 15.1. The molecule has 1 N–H and O–H groups in total. The lowest BCUT2D eigenvalue weighted by molar-refractivity contribution is -0.138. The summed E-state index contributed by atoms with van der Waals surface area (Å²) < 4.78 is 53.9. The fourth-order valence-electron chi connectivity index (χ4n) is 5.80. The lowest BCUT2D eigenvalue weighted by Gasteiger charge is -2.32. The van der Waals surface area contributed by atoms with Gasteiger partial charge >= 0.3 is 6.18 Å². The highest BCUT2D eigenvalue weighted by molar-refractivity contribution is 6.05. The molecule has 2 fully saturated rings. The smallest absolute Gasteiger partial charge is 0.322 e. The summed E-state index contributed by atoms with van der Waals surface area (Å²) in [6, 6.07) is 7.72. The normalized spacial score (nSPS) is 21.1. The minimum Gasteiger partial charge on any atom is -0.322 e. The van der Waals surface area contributed by atoms with Gasteiger partial charge in [0.2, 0.25) is 11.8 Å². The van der Waals surface area contributed by atoms with Gasteiger partial charge in [-0.15, -0.1) is 0 Å². The van der Waals surface area contributed by atoms with Crippen LogP contribution in [-0.4, -0.2) is 53.2 Å². The number of hydrogen-bond acceptors (Lipinski definition) is 4. The Morgan fingerprint density at radius 3 is 2.47 bits per heavy atom. The van der Waals surface area contributed by atoms with E-state index in [2.05, 4.69) is 10.2 Å². The van der Waals surface area contributed by atoms with Gasteiger partial charge in [0.15, 0.2) is 0 Å². The molecule has 10 heteroatoms. The molecule has 3 aliphatic heterocycles. The molecule has 1 unspecified atom stereocenters. The van der Waals surface area contributed by atoms with Gasteiger partial charge in [0.25, 0.3) is 5.91 Å². The molecule has 2 aromatic rings. The summed E-state index contributed by atoms with van der Waals surface area (Å²) in [4.78, 5) is 40.3. The lowest BCUT2D eigenvalue weighted by Crippen LogP contribution is -2.52. The van der Waals surface area contributed by atoms with E-state index in [1.807, 2.05) is 0 Å². The van der Waals surface area contributed by atoms with Gasteiger partial charge in [-0.05, 0) is 86.5 Å². The van der Waals surface area contributed by atoms with E-state index in [1.165, 1.54) is 23.1 Å². The fourth-order valence-corrected chi connectivity index (χ4v) is 5.80. The summed E-state index contributed by atoms with van der Waals surface area (Å²) in [5.74, 6) is -1.67. The molecule has 0 radical (unpaired) electrons. The summed E-state index contributed by atoms with van der Waals surface area (Å²) in [5.41, 5.74) is 1.57. The largest absolute Gasteiger partial charge is 0.416 e. The Morgan fingerprint density at radius 1 is 1.00 bits per heavy atom. The Hall–Kier alpha value is -3.27. The topological polar surface area (TPSA) is 69.7 Å². The highest BCUT2D eigenvalue weighted by Gasteiger charge is 2.40. The van der Waals surface area contributed by atoms with Crippen LogP contribution in [0.25, 0.3) is 0 Å². The van der Waals surface area contributed by atoms with E-state index in [4.69, 9.17) is 0 Å². The maximum Gasteiger partial charge on any atom is 0.416 e. The van der Waals surface area contributed by atoms with Crippen molar-refractivity contribution in [1.29, 1.82) is 0 Å². The second-order valence-corrected chi connectivity index (χ2v) is 10.3. The van der Waals surface area contributed by atoms with Crippen LogP contribution in [0.3, 0.4) is 0 Å². The third kappa shape index (κ3) is 5.45. The number of halogens is 4. The average Bonchev–Trinajstić information content (AvgIpc) is 3.19. The minimum absolute atomic E-state index is 0.000213. The monoisotopic (exact) mass is 531 g/mol. The summed E-state index contributed by atoms with van der Waals surface area (Å²) in [6.45, 7) is 2.48. The van der Waals surface area contributed by atoms with Gasteiger partial charge in [0.1, 0.15) is 11.9 Å². The van der Waals surface area contributed by atoms with Crippen LogP contribution in [0.15, 0.2) is 36.4 Å². The Balaban J connectivity index is 1.16. The third-order valence-electron chi connectivity index (χ3n) is 7.86. The number of carbonyl (C=O) groups is 3. The van der Waals surface area contributed by atoms with E-state index in [-0.39, 0.29) is 36.8 Å². The van der Waals surface area contributed by atoms with E-state index >= 15 is 4.39 Å². The first-order chi connectivity index (χ1) is 18.1. The molecule has 5 rings (SSSR count). The summed E-state index contributed by atoms with van der Waals surface area (Å²) >= 11 is 0. The van der Waals surface area contributed by atoms with Gasteiger partial charge in [-0.1, -0.05) is 24.3 Å². The predicted molar refractivity (Wildman–Crippen MR) is 131 cm³/mol. The Kier molecular flexibility index (Phi) is 7.26. The molecule has 0 aromatic heterocycles. The number of likely N-dealkylation sites (tertiary alicyclic amines) is 1. The highest BCUT2D eigenvalue weighted by atomic mass is 19.4. The number of fused-ring (bicyclic) bond motifs is 1. The predicted octanol–water partition coefficient (Wildman–Crippen LogP) is 4.42. The molecule has 0 spiro atoms. The summed E-state index contributed by atoms with van der Waals surface area (Å²) in [5, 5.41) is 2.27. The molecular formula is C28H29F4N3O3. The quantitative estimate of drug-likeness (QED) is 0.443. The molecule has 0 bridgehead atoms. The zero-order valence-electron chi connectivity index (χ0n) is 20.8. The lowest BCUT2D eigenvalue weighted by atomic mass is 9.87. The Morgan fingerprint density at radius 2 is 1.76 bits per heavy atom. The molecule has 1 atom stereocenters. The van der Waals surface area contributed by atoms with E-state index in [0.717, 1.165) is 45.0 Å². The average molecular weight is 532 g/mol. The number of benzene rings is 2. The van der Waals surface area contributed by atoms with Crippen molar-refractivity contribution in [2.75, 3.05) is 19.6 Å². The summed E-state index contributed by atoms with van der Waals surface area (Å²) in [7, 11) is 0. The number of imide groups is 1. The molecule has 3 heterocycles. The molecule has 3 aliphatic rings. The number of nitrogens with one attached hydrogen (secondary N) is 1. The minimum atomic E-state index is -4.35. The zero-order valence-corrected chi connectivity index (χ0v) is 20.8. The number of aryl methyl sites for hydroxylation is 1. The van der Waals surface area contributed by atoms with Crippen LogP contribution in [0.5, 0.6) is 0 Å². The fraction of sp³-hybridized carbons (Fsp3) is 0.464. The molecule has 3 amide bonds. The maximum atomic E-state index is 15.1. The number of nitrogens with zero attached hydrogens (tertiary/aromatic N) is 2. The molecule has 0 saturated carbocycles. The van der Waals surface area contributed by atoms with Crippen molar-refractivity contribution in [3.8, 4) is 0 Å². The van der Waals surface area contributed by atoms with Crippen LogP contribution in [0.4, 0.5) is 17.6 Å². The Labute approximate surface area is 218 Å². The van der Waals surface area contributed by atoms with Crippen molar-refractivity contribution in [1.82, 2.24) is 15.1 Å². The van der Waals surface area contributed by atoms with E-state index in [9.17, 15) is 27.6 Å². The van der Waals surface area contributed by atoms with Gasteiger partial charge in [-0.25, -0.2) is 4.39 Å². The standard InChI is InChI=1S/C28H29F4N3O3/c29-23-15-22-19(16-35(27(22)38)24-6-7-25(36)33-26(24)37)14-21(23)18-8-11-34(12-9-18)10-2-4-17-3-1-5-20(13-17)28(30,31)32/h1,3,5,13-15,18,24H,2,4,6-12,16H2,(H,33,36,37). The van der Waals surface area contributed by atoms with Gasteiger partial charge in [-0.3, -0.25) is 19.7 Å². The number of amides is 3. The van der Waals surface area contributed by atoms with Crippen molar-refractivity contribution in [3.63, 3.8) is 0 Å². The molecular weight excluding hydrogens is 502 g/mol. The van der Waals surface area contributed by atoms with Crippen molar-refractivity contribution >= 4 is 17.7 Å². The van der Waals surface area contributed by atoms with Gasteiger partial charge in [0, 0.05) is 18.5 Å². The van der Waals surface area contributed by atoms with E-state index in [0.29, 0.717) is 23.1 Å². The molecule has 202 valence electrons. The number of hydrogen-bond donors (Lipinski definition) is 1. The van der Waals surface area contributed by atoms with Crippen LogP contribution in [-0.2, 0) is 28.7 Å². The van der Waals surface area contributed by atoms with Crippen LogP contribution < -0.4 is 5.32 Å². The van der Waals surface area contributed by atoms with Crippen molar-refractivity contribution < 1.29 is 31.9 Å². The van der Waals surface area contributed by atoms with E-state index < -0.39 is 35.4 Å². The van der Waals surface area contributed by atoms with Crippen molar-refractivity contribution in [2.45, 2.75) is 63.2 Å². The van der Waals surface area contributed by atoms with Gasteiger partial charge < -0.3 is 9.80 Å². The van der Waals surface area contributed by atoms with Crippen molar-refractivity contribution in [3.05, 3.63) is 70.0 Å². The highest BCUT2D eigenvalue weighted by Crippen LogP contribution is 2.35. The molecule has 38 heavy (non-hydrogen) atoms. The second kappa shape index (κ2) is 10.5. The number of rotatable bonds is 6. The molecule has 6 nitrogen and oxygen atoms in total. The van der Waals surface area contributed by atoms with Crippen LogP contribution in [0, 0.1) is 5.82 Å². The number of alkyl halides is 3. The third-order valence-corrected chi connectivity index (χ3v) is 7.86. The first-order valence-electron chi connectivity index (χ1n) is 13.0. The number of carbonyl (C=O) groups excluding carboxylic acids is 3. The molecule has 0 aliphatic carbocycles. The number of piperidine rings is 2. The van der Waals surface area contributed by atoms with Crippen LogP contribution in [0.1, 0.15) is 70.6 Å². The summed E-state index contributed by atoms with van der Waals surface area (Å²) in [6.07, 6.45) is -1.16. The van der Waals surface area contributed by atoms with Crippen LogP contribution >= 0.6 is 0 Å². The zero-order chi connectivity index (χ0) is 27.0. The van der Waals surface area contributed by atoms with Crippen molar-refractivity contribution in [2.24, 2.45) is 0 Å². The van der Waals surface area contributed by atoms with E-state index in [1.54, 1.807) is 12.1 Å². The second-order valence-electron chi connectivity index (χ2n) is 10.3. The van der Waals surface area contributed by atoms with Gasteiger partial charge in [0.05, 0.1) is 5.56 Å². The first kappa shape index (κ1) is 26.3. The molecule has 2 saturated heterocycles. The first-order valence-corrected chi connectivity index (χ1v) is 13.0. The van der Waals surface area contributed by atoms with Crippen LogP contribution in [0.2, 0.25) is 0 Å². The molecule has 2 aromatic carbocycles. The SMILES string of the molecule is O=C1CCC(N2Cc3cc(C4CCN(CCCc5cccc(C(F)(F)F)c5)CC4)c(F)cc3C2=O)C(=O)N1. The Bertz CT molecular complexity index is 1250.